The molecule has 0 unspecified atom stereocenters. The Morgan fingerprint density at radius 2 is 2.29 bits per heavy atom. The van der Waals surface area contributed by atoms with Gasteiger partial charge < -0.3 is 9.84 Å². The van der Waals surface area contributed by atoms with Crippen LogP contribution in [0.15, 0.2) is 24.4 Å². The zero-order valence-electron chi connectivity index (χ0n) is 7.51. The van der Waals surface area contributed by atoms with Crippen LogP contribution in [0.1, 0.15) is 5.56 Å². The van der Waals surface area contributed by atoms with Gasteiger partial charge in [0.05, 0.1) is 12.0 Å². The maximum atomic E-state index is 10.0. The number of hydrogen-bond donors (Lipinski definition) is 1. The van der Waals surface area contributed by atoms with E-state index in [0.29, 0.717) is 5.56 Å². The summed E-state index contributed by atoms with van der Waals surface area (Å²) in [4.78, 5) is 9.45. The third-order valence-corrected chi connectivity index (χ3v) is 1.63. The van der Waals surface area contributed by atoms with Gasteiger partial charge >= 0.3 is 0 Å². The molecule has 0 heterocycles. The van der Waals surface area contributed by atoms with Crippen LogP contribution in [0.4, 0.5) is 0 Å². The van der Waals surface area contributed by atoms with Crippen molar-refractivity contribution in [2.45, 2.75) is 0 Å². The van der Waals surface area contributed by atoms with E-state index in [1.165, 1.54) is 13.2 Å². The second-order valence-electron chi connectivity index (χ2n) is 2.50. The van der Waals surface area contributed by atoms with E-state index in [-0.39, 0.29) is 11.5 Å². The van der Waals surface area contributed by atoms with Crippen LogP contribution in [-0.4, -0.2) is 17.1 Å². The number of nitrogens with zero attached hydrogens (tertiary/aromatic N) is 1. The van der Waals surface area contributed by atoms with Crippen LogP contribution in [0.2, 0.25) is 0 Å². The summed E-state index contributed by atoms with van der Waals surface area (Å²) in [6, 6.07) is 4.76. The van der Waals surface area contributed by atoms with Crippen molar-refractivity contribution in [3.63, 3.8) is 0 Å². The van der Waals surface area contributed by atoms with E-state index in [4.69, 9.17) is 4.74 Å². The standard InChI is InChI=1S/C9H9NO4/c1-14-8-4-2-3-7(9(8)11)5-6-10(12)13/h2-6,11H,1H3/b6-5+. The second kappa shape index (κ2) is 4.27. The predicted molar refractivity (Wildman–Crippen MR) is 50.7 cm³/mol. The van der Waals surface area contributed by atoms with Crippen LogP contribution in [0.3, 0.4) is 0 Å². The Hall–Kier alpha value is -2.04. The number of rotatable bonds is 3. The quantitative estimate of drug-likeness (QED) is 0.587. The molecule has 1 aromatic rings. The molecule has 0 atom stereocenters. The molecule has 0 bridgehead atoms. The molecule has 0 aromatic heterocycles. The van der Waals surface area contributed by atoms with Crippen molar-refractivity contribution in [2.24, 2.45) is 0 Å². The minimum absolute atomic E-state index is 0.104. The summed E-state index contributed by atoms with van der Waals surface area (Å²) in [5, 5.41) is 19.5. The van der Waals surface area contributed by atoms with Gasteiger partial charge in [0.1, 0.15) is 0 Å². The molecule has 0 aliphatic heterocycles. The van der Waals surface area contributed by atoms with Crippen LogP contribution in [-0.2, 0) is 0 Å². The normalized spacial score (nSPS) is 10.4. The fourth-order valence-electron chi connectivity index (χ4n) is 0.980. The number of methoxy groups -OCH3 is 1. The first-order chi connectivity index (χ1) is 6.65. The molecule has 0 fully saturated rings. The molecule has 0 radical (unpaired) electrons. The molecule has 0 saturated heterocycles. The van der Waals surface area contributed by atoms with Gasteiger partial charge in [0.15, 0.2) is 11.5 Å². The van der Waals surface area contributed by atoms with Crippen molar-refractivity contribution in [1.82, 2.24) is 0 Å². The summed E-state index contributed by atoms with van der Waals surface area (Å²) < 4.78 is 4.84. The lowest BCUT2D eigenvalue weighted by Gasteiger charge is -2.04. The van der Waals surface area contributed by atoms with E-state index in [2.05, 4.69) is 0 Å². The number of hydrogen-bond acceptors (Lipinski definition) is 4. The van der Waals surface area contributed by atoms with Crippen molar-refractivity contribution in [3.8, 4) is 11.5 Å². The third-order valence-electron chi connectivity index (χ3n) is 1.63. The summed E-state index contributed by atoms with van der Waals surface area (Å²) in [7, 11) is 1.41. The van der Waals surface area contributed by atoms with Gasteiger partial charge in [-0.1, -0.05) is 12.1 Å². The number of phenols is 1. The van der Waals surface area contributed by atoms with Gasteiger partial charge in [0.2, 0.25) is 6.20 Å². The van der Waals surface area contributed by atoms with Gasteiger partial charge in [-0.3, -0.25) is 10.1 Å². The summed E-state index contributed by atoms with van der Waals surface area (Å²) in [6.45, 7) is 0. The van der Waals surface area contributed by atoms with Gasteiger partial charge in [0.25, 0.3) is 0 Å². The van der Waals surface area contributed by atoms with Crippen LogP contribution in [0, 0.1) is 10.1 Å². The number of ether oxygens (including phenoxy) is 1. The number of benzene rings is 1. The summed E-state index contributed by atoms with van der Waals surface area (Å²) in [6.07, 6.45) is 1.96. The van der Waals surface area contributed by atoms with Crippen molar-refractivity contribution >= 4 is 6.08 Å². The molecule has 14 heavy (non-hydrogen) atoms. The summed E-state index contributed by atoms with van der Waals surface area (Å²) >= 11 is 0. The molecule has 5 nitrogen and oxygen atoms in total. The lowest BCUT2D eigenvalue weighted by molar-refractivity contribution is -0.400. The van der Waals surface area contributed by atoms with Crippen molar-refractivity contribution in [2.75, 3.05) is 7.11 Å². The highest BCUT2D eigenvalue weighted by atomic mass is 16.6. The van der Waals surface area contributed by atoms with Crippen LogP contribution in [0.25, 0.3) is 6.08 Å². The Labute approximate surface area is 80.4 Å². The van der Waals surface area contributed by atoms with Gasteiger partial charge in [-0.2, -0.15) is 0 Å². The molecule has 5 heteroatoms. The molecule has 1 aromatic carbocycles. The maximum absolute atomic E-state index is 10.0. The number of nitro groups is 1. The van der Waals surface area contributed by atoms with Crippen molar-refractivity contribution in [1.29, 1.82) is 0 Å². The molecule has 0 saturated carbocycles. The first-order valence-corrected chi connectivity index (χ1v) is 3.83. The first-order valence-electron chi connectivity index (χ1n) is 3.83. The lowest BCUT2D eigenvalue weighted by Crippen LogP contribution is -1.86. The van der Waals surface area contributed by atoms with Crippen LogP contribution in [0.5, 0.6) is 11.5 Å². The highest BCUT2D eigenvalue weighted by Gasteiger charge is 2.04. The largest absolute Gasteiger partial charge is 0.504 e. The van der Waals surface area contributed by atoms with Crippen LogP contribution < -0.4 is 4.74 Å². The maximum Gasteiger partial charge on any atom is 0.235 e. The molecule has 0 amide bonds. The van der Waals surface area contributed by atoms with E-state index in [1.54, 1.807) is 18.2 Å². The van der Waals surface area contributed by atoms with Gasteiger partial charge in [-0.25, -0.2) is 0 Å². The Kier molecular flexibility index (Phi) is 3.06. The average molecular weight is 195 g/mol. The molecular weight excluding hydrogens is 186 g/mol. The monoisotopic (exact) mass is 195 g/mol. The molecule has 74 valence electrons. The molecular formula is C9H9NO4. The molecule has 0 spiro atoms. The molecule has 0 aliphatic carbocycles. The zero-order chi connectivity index (χ0) is 10.6. The van der Waals surface area contributed by atoms with Crippen molar-refractivity contribution in [3.05, 3.63) is 40.1 Å². The summed E-state index contributed by atoms with van der Waals surface area (Å²) in [5.41, 5.74) is 0.348. The van der Waals surface area contributed by atoms with E-state index in [1.807, 2.05) is 0 Å². The fourth-order valence-corrected chi connectivity index (χ4v) is 0.980. The van der Waals surface area contributed by atoms with Gasteiger partial charge in [-0.05, 0) is 6.07 Å². The number of phenolic OH excluding ortho intramolecular Hbond substituents is 1. The minimum atomic E-state index is -0.598. The van der Waals surface area contributed by atoms with E-state index < -0.39 is 4.92 Å². The SMILES string of the molecule is COc1cccc(/C=C/[N+](=O)[O-])c1O. The highest BCUT2D eigenvalue weighted by molar-refractivity contribution is 5.60. The predicted octanol–water partition coefficient (Wildman–Crippen LogP) is 1.65. The average Bonchev–Trinajstić information content (AvgIpc) is 2.16. The zero-order valence-corrected chi connectivity index (χ0v) is 7.51. The lowest BCUT2D eigenvalue weighted by atomic mass is 10.2. The second-order valence-corrected chi connectivity index (χ2v) is 2.50. The smallest absolute Gasteiger partial charge is 0.235 e. The van der Waals surface area contributed by atoms with Gasteiger partial charge in [-0.15, -0.1) is 0 Å². The Bertz CT molecular complexity index is 373. The van der Waals surface area contributed by atoms with Gasteiger partial charge in [0, 0.05) is 11.6 Å². The van der Waals surface area contributed by atoms with E-state index >= 15 is 0 Å². The number of aromatic hydroxyl groups is 1. The van der Waals surface area contributed by atoms with E-state index in [9.17, 15) is 15.2 Å². The van der Waals surface area contributed by atoms with E-state index in [0.717, 1.165) is 6.20 Å². The fraction of sp³-hybridized carbons (Fsp3) is 0.111. The van der Waals surface area contributed by atoms with Crippen molar-refractivity contribution < 1.29 is 14.8 Å². The number of para-hydroxylation sites is 1. The Morgan fingerprint density at radius 1 is 1.57 bits per heavy atom. The molecule has 1 rings (SSSR count). The van der Waals surface area contributed by atoms with Crippen LogP contribution >= 0.6 is 0 Å². The highest BCUT2D eigenvalue weighted by Crippen LogP contribution is 2.29. The first kappa shape index (κ1) is 10.0. The third kappa shape index (κ3) is 2.22. The molecule has 1 N–H and O–H groups in total. The molecule has 0 aliphatic rings. The minimum Gasteiger partial charge on any atom is -0.504 e. The Morgan fingerprint density at radius 3 is 2.86 bits per heavy atom. The summed E-state index contributed by atoms with van der Waals surface area (Å²) in [5.74, 6) is 0.184. The Balaban J connectivity index is 3.03. The topological polar surface area (TPSA) is 72.6 Å².